The number of rotatable bonds is 8. The second-order valence-corrected chi connectivity index (χ2v) is 6.45. The summed E-state index contributed by atoms with van der Waals surface area (Å²) in [6.07, 6.45) is -2.08. The molecule has 0 saturated carbocycles. The molecule has 0 radical (unpaired) electrons. The number of oxime groups is 1. The minimum atomic E-state index is -4.38. The molecule has 1 aromatic heterocycles. The molecular formula is C21H19F3N2O4. The molecule has 0 bridgehead atoms. The predicted molar refractivity (Wildman–Crippen MR) is 104 cm³/mol. The summed E-state index contributed by atoms with van der Waals surface area (Å²) in [6, 6.07) is 9.85. The van der Waals surface area contributed by atoms with E-state index in [-0.39, 0.29) is 6.61 Å². The van der Waals surface area contributed by atoms with Gasteiger partial charge in [0.25, 0.3) is 0 Å². The van der Waals surface area contributed by atoms with E-state index in [4.69, 9.17) is 14.7 Å². The number of fused-ring (bicyclic) bond motifs is 1. The van der Waals surface area contributed by atoms with E-state index < -0.39 is 24.3 Å². The van der Waals surface area contributed by atoms with Crippen molar-refractivity contribution >= 4 is 22.6 Å². The Morgan fingerprint density at radius 2 is 1.90 bits per heavy atom. The van der Waals surface area contributed by atoms with Crippen LogP contribution >= 0.6 is 0 Å². The third-order valence-corrected chi connectivity index (χ3v) is 4.35. The molecule has 1 heterocycles. The van der Waals surface area contributed by atoms with Gasteiger partial charge >= 0.3 is 12.1 Å². The van der Waals surface area contributed by atoms with Crippen molar-refractivity contribution in [1.29, 1.82) is 0 Å². The number of hydrogen-bond acceptors (Lipinski definition) is 4. The van der Waals surface area contributed by atoms with Gasteiger partial charge < -0.3 is 19.7 Å². The van der Waals surface area contributed by atoms with Crippen molar-refractivity contribution in [2.75, 3.05) is 6.61 Å². The van der Waals surface area contributed by atoms with Gasteiger partial charge in [-0.05, 0) is 42.3 Å². The maximum Gasteiger partial charge on any atom is 0.416 e. The van der Waals surface area contributed by atoms with Crippen LogP contribution in [0.5, 0.6) is 5.75 Å². The van der Waals surface area contributed by atoms with Crippen LogP contribution in [0.1, 0.15) is 30.0 Å². The molecule has 30 heavy (non-hydrogen) atoms. The Labute approximate surface area is 169 Å². The zero-order chi connectivity index (χ0) is 21.7. The van der Waals surface area contributed by atoms with E-state index in [0.717, 1.165) is 28.6 Å². The van der Waals surface area contributed by atoms with Gasteiger partial charge in [0.15, 0.2) is 6.61 Å². The molecule has 6 nitrogen and oxygen atoms in total. The van der Waals surface area contributed by atoms with Crippen LogP contribution in [0.25, 0.3) is 10.9 Å². The molecule has 3 rings (SSSR count). The number of aromatic nitrogens is 1. The number of nitrogens with one attached hydrogen (secondary N) is 1. The lowest BCUT2D eigenvalue weighted by Gasteiger charge is -2.08. The van der Waals surface area contributed by atoms with Gasteiger partial charge in [0.2, 0.25) is 0 Å². The van der Waals surface area contributed by atoms with Gasteiger partial charge in [0, 0.05) is 22.7 Å². The van der Waals surface area contributed by atoms with Gasteiger partial charge in [-0.1, -0.05) is 24.2 Å². The highest BCUT2D eigenvalue weighted by Crippen LogP contribution is 2.29. The molecule has 0 fully saturated rings. The molecule has 0 aliphatic heterocycles. The molecule has 0 amide bonds. The van der Waals surface area contributed by atoms with Crippen LogP contribution in [-0.2, 0) is 22.4 Å². The van der Waals surface area contributed by atoms with E-state index in [9.17, 15) is 18.0 Å². The van der Waals surface area contributed by atoms with Gasteiger partial charge in [-0.2, -0.15) is 13.2 Å². The van der Waals surface area contributed by atoms with Gasteiger partial charge in [-0.25, -0.2) is 4.79 Å². The van der Waals surface area contributed by atoms with Gasteiger partial charge in [-0.15, -0.1) is 0 Å². The van der Waals surface area contributed by atoms with Crippen molar-refractivity contribution in [3.05, 3.63) is 65.4 Å². The molecule has 0 saturated heterocycles. The van der Waals surface area contributed by atoms with Crippen LogP contribution in [0.2, 0.25) is 0 Å². The number of H-pyrrole nitrogens is 1. The summed E-state index contributed by atoms with van der Waals surface area (Å²) in [5.41, 5.74) is 2.05. The van der Waals surface area contributed by atoms with E-state index in [1.807, 2.05) is 6.92 Å². The van der Waals surface area contributed by atoms with Gasteiger partial charge in [0.1, 0.15) is 12.4 Å². The van der Waals surface area contributed by atoms with Crippen molar-refractivity contribution in [1.82, 2.24) is 4.98 Å². The van der Waals surface area contributed by atoms with Gasteiger partial charge in [0.05, 0.1) is 11.3 Å². The summed E-state index contributed by atoms with van der Waals surface area (Å²) in [5.74, 6) is -0.663. The number of alkyl halides is 3. The molecular weight excluding hydrogens is 401 g/mol. The number of carboxylic acid groups (broad SMARTS) is 1. The maximum atomic E-state index is 12.6. The smallest absolute Gasteiger partial charge is 0.416 e. The molecule has 0 spiro atoms. The lowest BCUT2D eigenvalue weighted by atomic mass is 10.1. The Balaban J connectivity index is 1.74. The number of halogens is 3. The summed E-state index contributed by atoms with van der Waals surface area (Å²) >= 11 is 0. The first-order chi connectivity index (χ1) is 14.3. The minimum Gasteiger partial charge on any atom is -0.482 e. The van der Waals surface area contributed by atoms with Crippen LogP contribution in [0.4, 0.5) is 13.2 Å². The highest BCUT2D eigenvalue weighted by Gasteiger charge is 2.29. The number of carboxylic acids is 1. The molecule has 2 N–H and O–H groups in total. The highest BCUT2D eigenvalue weighted by molar-refractivity contribution is 6.10. The first-order valence-electron chi connectivity index (χ1n) is 9.09. The van der Waals surface area contributed by atoms with E-state index >= 15 is 0 Å². The maximum absolute atomic E-state index is 12.6. The van der Waals surface area contributed by atoms with Crippen LogP contribution < -0.4 is 4.74 Å². The average molecular weight is 420 g/mol. The molecule has 0 unspecified atom stereocenters. The number of hydrogen-bond donors (Lipinski definition) is 2. The number of ether oxygens (including phenoxy) is 1. The van der Waals surface area contributed by atoms with Crippen molar-refractivity contribution in [2.45, 2.75) is 26.1 Å². The van der Waals surface area contributed by atoms with E-state index in [1.54, 1.807) is 24.4 Å². The van der Waals surface area contributed by atoms with Crippen molar-refractivity contribution in [2.24, 2.45) is 5.16 Å². The second-order valence-electron chi connectivity index (χ2n) is 6.45. The summed E-state index contributed by atoms with van der Waals surface area (Å²) in [4.78, 5) is 19.2. The Morgan fingerprint density at radius 1 is 1.17 bits per heavy atom. The largest absolute Gasteiger partial charge is 0.482 e. The summed E-state index contributed by atoms with van der Waals surface area (Å²) in [5, 5.41) is 13.7. The second kappa shape index (κ2) is 8.89. The molecule has 0 aliphatic carbocycles. The molecule has 2 aromatic carbocycles. The lowest BCUT2D eigenvalue weighted by molar-refractivity contribution is -0.139. The van der Waals surface area contributed by atoms with Crippen LogP contribution in [0, 0.1) is 0 Å². The van der Waals surface area contributed by atoms with Crippen molar-refractivity contribution in [3.8, 4) is 5.75 Å². The standard InChI is InChI=1S/C21H19F3N2O4/c1-2-18(26-30-11-13-3-5-14(6-4-13)21(22,23)24)17-10-25-19-8-7-15(9-16(17)19)29-12-20(27)28/h3-10,25H,2,11-12H2,1H3,(H,27,28). The fraction of sp³-hybridized carbons (Fsp3) is 0.238. The van der Waals surface area contributed by atoms with Gasteiger partial charge in [-0.3, -0.25) is 0 Å². The Kier molecular flexibility index (Phi) is 6.29. The highest BCUT2D eigenvalue weighted by atomic mass is 19.4. The summed E-state index contributed by atoms with van der Waals surface area (Å²) in [6.45, 7) is 1.47. The predicted octanol–water partition coefficient (Wildman–Crippen LogP) is 4.98. The Hall–Kier alpha value is -3.49. The zero-order valence-electron chi connectivity index (χ0n) is 16.0. The Bertz CT molecular complexity index is 1060. The molecule has 9 heteroatoms. The number of nitrogens with zero attached hydrogens (tertiary/aromatic N) is 1. The average Bonchev–Trinajstić information content (AvgIpc) is 3.12. The molecule has 3 aromatic rings. The third kappa shape index (κ3) is 5.11. The van der Waals surface area contributed by atoms with E-state index in [1.165, 1.54) is 12.1 Å². The molecule has 0 aliphatic rings. The Morgan fingerprint density at radius 3 is 2.53 bits per heavy atom. The molecule has 0 atom stereocenters. The monoisotopic (exact) mass is 420 g/mol. The normalized spacial score (nSPS) is 12.2. The number of benzene rings is 2. The summed E-state index contributed by atoms with van der Waals surface area (Å²) in [7, 11) is 0. The number of aliphatic carboxylic acids is 1. The van der Waals surface area contributed by atoms with Crippen LogP contribution in [-0.4, -0.2) is 28.4 Å². The quantitative estimate of drug-likeness (QED) is 0.398. The number of aromatic amines is 1. The van der Waals surface area contributed by atoms with Crippen molar-refractivity contribution < 1.29 is 32.6 Å². The lowest BCUT2D eigenvalue weighted by Crippen LogP contribution is -2.09. The minimum absolute atomic E-state index is 0.0248. The third-order valence-electron chi connectivity index (χ3n) is 4.35. The fourth-order valence-corrected chi connectivity index (χ4v) is 2.85. The van der Waals surface area contributed by atoms with E-state index in [2.05, 4.69) is 10.1 Å². The first kappa shape index (κ1) is 21.2. The SMILES string of the molecule is CCC(=NOCc1ccc(C(F)(F)F)cc1)c1c[nH]c2ccc(OCC(=O)O)cc12. The first-order valence-corrected chi connectivity index (χ1v) is 9.09. The number of carbonyl (C=O) groups is 1. The molecule has 158 valence electrons. The topological polar surface area (TPSA) is 83.9 Å². The van der Waals surface area contributed by atoms with Crippen LogP contribution in [0.15, 0.2) is 53.8 Å². The zero-order valence-corrected chi connectivity index (χ0v) is 16.0. The fourth-order valence-electron chi connectivity index (χ4n) is 2.85. The van der Waals surface area contributed by atoms with E-state index in [0.29, 0.717) is 23.4 Å². The van der Waals surface area contributed by atoms with Crippen LogP contribution in [0.3, 0.4) is 0 Å². The van der Waals surface area contributed by atoms with Crippen molar-refractivity contribution in [3.63, 3.8) is 0 Å². The summed E-state index contributed by atoms with van der Waals surface area (Å²) < 4.78 is 43.1.